The zero-order valence-corrected chi connectivity index (χ0v) is 15.9. The molecule has 1 aliphatic heterocycles. The van der Waals surface area contributed by atoms with E-state index in [1.54, 1.807) is 12.0 Å². The summed E-state index contributed by atoms with van der Waals surface area (Å²) in [6.07, 6.45) is 2.85. The van der Waals surface area contributed by atoms with Crippen LogP contribution in [0.1, 0.15) is 30.7 Å². The van der Waals surface area contributed by atoms with Gasteiger partial charge in [-0.2, -0.15) is 5.26 Å². The van der Waals surface area contributed by atoms with Crippen molar-refractivity contribution in [3.63, 3.8) is 0 Å². The lowest BCUT2D eigenvalue weighted by molar-refractivity contribution is -0.154. The SMILES string of the molecule is COc1ccccc1-c1ccc([C@H]2[C@@H](C#N)N(C(=O)C3CCC3)[C@H]2CO)cc1. The number of methoxy groups -OCH3 is 1. The fraction of sp³-hybridized carbons (Fsp3) is 0.391. The van der Waals surface area contributed by atoms with Crippen molar-refractivity contribution in [2.24, 2.45) is 5.92 Å². The number of hydrogen-bond donors (Lipinski definition) is 1. The molecule has 0 radical (unpaired) electrons. The first-order valence-electron chi connectivity index (χ1n) is 9.75. The van der Waals surface area contributed by atoms with Gasteiger partial charge in [-0.05, 0) is 30.0 Å². The van der Waals surface area contributed by atoms with Crippen molar-refractivity contribution in [3.05, 3.63) is 54.1 Å². The molecule has 2 aromatic carbocycles. The van der Waals surface area contributed by atoms with Crippen LogP contribution in [0.25, 0.3) is 11.1 Å². The second-order valence-corrected chi connectivity index (χ2v) is 7.55. The molecule has 1 heterocycles. The Labute approximate surface area is 165 Å². The summed E-state index contributed by atoms with van der Waals surface area (Å²) in [5.41, 5.74) is 3.00. The lowest BCUT2D eigenvalue weighted by Gasteiger charge is -2.53. The van der Waals surface area contributed by atoms with Gasteiger partial charge in [-0.3, -0.25) is 4.79 Å². The minimum atomic E-state index is -0.512. The molecular weight excluding hydrogens is 352 g/mol. The topological polar surface area (TPSA) is 73.6 Å². The van der Waals surface area contributed by atoms with Crippen LogP contribution in [0.4, 0.5) is 0 Å². The van der Waals surface area contributed by atoms with E-state index < -0.39 is 6.04 Å². The smallest absolute Gasteiger partial charge is 0.227 e. The van der Waals surface area contributed by atoms with Crippen LogP contribution < -0.4 is 4.74 Å². The number of carbonyl (C=O) groups excluding carboxylic acids is 1. The highest BCUT2D eigenvalue weighted by atomic mass is 16.5. The second kappa shape index (κ2) is 7.65. The van der Waals surface area contributed by atoms with Gasteiger partial charge in [-0.15, -0.1) is 0 Å². The summed E-state index contributed by atoms with van der Waals surface area (Å²) in [5, 5.41) is 19.6. The fourth-order valence-electron chi connectivity index (χ4n) is 4.34. The number of rotatable bonds is 5. The quantitative estimate of drug-likeness (QED) is 0.869. The summed E-state index contributed by atoms with van der Waals surface area (Å²) in [4.78, 5) is 14.3. The van der Waals surface area contributed by atoms with Crippen molar-refractivity contribution < 1.29 is 14.6 Å². The number of amides is 1. The molecule has 1 aliphatic carbocycles. The second-order valence-electron chi connectivity index (χ2n) is 7.55. The van der Waals surface area contributed by atoms with Gasteiger partial charge in [0.2, 0.25) is 5.91 Å². The molecule has 0 bridgehead atoms. The number of nitrogens with zero attached hydrogens (tertiary/aromatic N) is 2. The molecule has 2 aromatic rings. The van der Waals surface area contributed by atoms with Gasteiger partial charge in [0.1, 0.15) is 11.8 Å². The first-order chi connectivity index (χ1) is 13.7. The maximum Gasteiger partial charge on any atom is 0.227 e. The third-order valence-electron chi connectivity index (χ3n) is 6.15. The monoisotopic (exact) mass is 376 g/mol. The fourth-order valence-corrected chi connectivity index (χ4v) is 4.34. The lowest BCUT2D eigenvalue weighted by Crippen LogP contribution is -2.66. The van der Waals surface area contributed by atoms with Gasteiger partial charge in [0.25, 0.3) is 0 Å². The van der Waals surface area contributed by atoms with Gasteiger partial charge < -0.3 is 14.7 Å². The summed E-state index contributed by atoms with van der Waals surface area (Å²) in [6, 6.07) is 17.3. The van der Waals surface area contributed by atoms with Crippen LogP contribution in [0.15, 0.2) is 48.5 Å². The molecule has 144 valence electrons. The molecule has 1 N–H and O–H groups in total. The molecule has 5 heteroatoms. The number of ether oxygens (including phenoxy) is 1. The Kier molecular flexibility index (Phi) is 5.06. The average Bonchev–Trinajstić information content (AvgIpc) is 2.67. The van der Waals surface area contributed by atoms with Gasteiger partial charge in [-0.1, -0.05) is 48.9 Å². The highest BCUT2D eigenvalue weighted by molar-refractivity contribution is 5.82. The van der Waals surface area contributed by atoms with Crippen LogP contribution >= 0.6 is 0 Å². The molecule has 28 heavy (non-hydrogen) atoms. The molecule has 0 spiro atoms. The number of benzene rings is 2. The van der Waals surface area contributed by atoms with Crippen molar-refractivity contribution in [2.45, 2.75) is 37.3 Å². The number of hydrogen-bond acceptors (Lipinski definition) is 4. The highest BCUT2D eigenvalue weighted by Gasteiger charge is 2.53. The molecule has 0 aromatic heterocycles. The number of para-hydroxylation sites is 1. The molecule has 2 fully saturated rings. The van der Waals surface area contributed by atoms with Crippen molar-refractivity contribution in [1.82, 2.24) is 4.90 Å². The normalized spacial score (nSPS) is 24.0. The Morgan fingerprint density at radius 2 is 1.93 bits per heavy atom. The van der Waals surface area contributed by atoms with Gasteiger partial charge in [0.15, 0.2) is 0 Å². The molecule has 1 saturated heterocycles. The molecule has 5 nitrogen and oxygen atoms in total. The summed E-state index contributed by atoms with van der Waals surface area (Å²) in [5.74, 6) is 0.697. The molecule has 1 saturated carbocycles. The van der Waals surface area contributed by atoms with Crippen LogP contribution in [-0.4, -0.2) is 41.7 Å². The highest BCUT2D eigenvalue weighted by Crippen LogP contribution is 2.44. The standard InChI is InChI=1S/C23H24N2O3/c1-28-21-8-3-2-7-18(21)15-9-11-16(12-10-15)22-19(13-24)25(20(22)14-26)23(27)17-5-4-6-17/h2-3,7-12,17,19-20,22,26H,4-6,14H2,1H3/t19-,20+,22+/m1/s1. The number of carbonyl (C=O) groups is 1. The van der Waals surface area contributed by atoms with E-state index in [-0.39, 0.29) is 30.4 Å². The van der Waals surface area contributed by atoms with Crippen LogP contribution in [0.5, 0.6) is 5.75 Å². The Bertz CT molecular complexity index is 899. The van der Waals surface area contributed by atoms with Gasteiger partial charge in [0, 0.05) is 17.4 Å². The van der Waals surface area contributed by atoms with Gasteiger partial charge >= 0.3 is 0 Å². The summed E-state index contributed by atoms with van der Waals surface area (Å²) < 4.78 is 5.44. The zero-order valence-electron chi connectivity index (χ0n) is 15.9. The van der Waals surface area contributed by atoms with Crippen LogP contribution in [0.3, 0.4) is 0 Å². The number of nitriles is 1. The lowest BCUT2D eigenvalue weighted by atomic mass is 9.73. The number of likely N-dealkylation sites (tertiary alicyclic amines) is 1. The Hall–Kier alpha value is -2.84. The maximum absolute atomic E-state index is 12.7. The number of aliphatic hydroxyl groups excluding tert-OH is 1. The first-order valence-corrected chi connectivity index (χ1v) is 9.75. The first kappa shape index (κ1) is 18.5. The molecule has 4 rings (SSSR count). The maximum atomic E-state index is 12.7. The van der Waals surface area contributed by atoms with Crippen LogP contribution in [0, 0.1) is 17.2 Å². The van der Waals surface area contributed by atoms with E-state index in [4.69, 9.17) is 4.74 Å². The zero-order chi connectivity index (χ0) is 19.7. The van der Waals surface area contributed by atoms with Gasteiger partial charge in [-0.25, -0.2) is 0 Å². The minimum absolute atomic E-state index is 0.0266. The summed E-state index contributed by atoms with van der Waals surface area (Å²) in [6.45, 7) is -0.129. The van der Waals surface area contributed by atoms with E-state index in [1.807, 2.05) is 48.5 Å². The average molecular weight is 376 g/mol. The van der Waals surface area contributed by atoms with E-state index in [0.717, 1.165) is 41.7 Å². The minimum Gasteiger partial charge on any atom is -0.496 e. The summed E-state index contributed by atoms with van der Waals surface area (Å²) in [7, 11) is 1.65. The predicted octanol–water partition coefficient (Wildman–Crippen LogP) is 3.34. The molecule has 2 aliphatic rings. The molecular formula is C23H24N2O3. The molecule has 0 unspecified atom stereocenters. The van der Waals surface area contributed by atoms with Crippen molar-refractivity contribution in [3.8, 4) is 22.9 Å². The Morgan fingerprint density at radius 1 is 1.21 bits per heavy atom. The third kappa shape index (κ3) is 2.94. The van der Waals surface area contributed by atoms with Crippen molar-refractivity contribution in [1.29, 1.82) is 5.26 Å². The Balaban J connectivity index is 1.58. The summed E-state index contributed by atoms with van der Waals surface area (Å²) >= 11 is 0. The van der Waals surface area contributed by atoms with Crippen LogP contribution in [-0.2, 0) is 4.79 Å². The largest absolute Gasteiger partial charge is 0.496 e. The van der Waals surface area contributed by atoms with Crippen LogP contribution in [0.2, 0.25) is 0 Å². The Morgan fingerprint density at radius 3 is 2.50 bits per heavy atom. The predicted molar refractivity (Wildman–Crippen MR) is 106 cm³/mol. The van der Waals surface area contributed by atoms with Crippen molar-refractivity contribution in [2.75, 3.05) is 13.7 Å². The van der Waals surface area contributed by atoms with E-state index in [2.05, 4.69) is 6.07 Å². The molecule has 3 atom stereocenters. The van der Waals surface area contributed by atoms with E-state index in [0.29, 0.717) is 0 Å². The van der Waals surface area contributed by atoms with E-state index >= 15 is 0 Å². The van der Waals surface area contributed by atoms with E-state index in [1.165, 1.54) is 0 Å². The van der Waals surface area contributed by atoms with Gasteiger partial charge in [0.05, 0.1) is 25.8 Å². The third-order valence-corrected chi connectivity index (χ3v) is 6.15. The van der Waals surface area contributed by atoms with E-state index in [9.17, 15) is 15.2 Å². The molecule has 1 amide bonds. The van der Waals surface area contributed by atoms with Crippen molar-refractivity contribution >= 4 is 5.91 Å². The number of aliphatic hydroxyl groups is 1.